The van der Waals surface area contributed by atoms with E-state index in [1.54, 1.807) is 23.1 Å². The van der Waals surface area contributed by atoms with Crippen LogP contribution in [-0.4, -0.2) is 62.2 Å². The molecule has 3 N–H and O–H groups in total. The van der Waals surface area contributed by atoms with Crippen LogP contribution in [-0.2, 0) is 4.79 Å². The molecule has 2 amide bonds. The fourth-order valence-corrected chi connectivity index (χ4v) is 2.85. The van der Waals surface area contributed by atoms with E-state index >= 15 is 0 Å². The zero-order valence-electron chi connectivity index (χ0n) is 13.3. The Bertz CT molecular complexity index is 731. The average molecular weight is 329 g/mol. The zero-order chi connectivity index (χ0) is 17.1. The van der Waals surface area contributed by atoms with E-state index in [-0.39, 0.29) is 18.4 Å². The fraction of sp³-hybridized carbons (Fsp3) is 0.375. The lowest BCUT2D eigenvalue weighted by molar-refractivity contribution is -0.132. The lowest BCUT2D eigenvalue weighted by Gasteiger charge is -2.35. The van der Waals surface area contributed by atoms with Crippen molar-refractivity contribution in [2.24, 2.45) is 0 Å². The van der Waals surface area contributed by atoms with E-state index in [0.717, 1.165) is 0 Å². The van der Waals surface area contributed by atoms with Gasteiger partial charge in [-0.1, -0.05) is 18.2 Å². The van der Waals surface area contributed by atoms with Crippen molar-refractivity contribution >= 4 is 11.8 Å². The van der Waals surface area contributed by atoms with E-state index in [1.165, 1.54) is 13.3 Å². The van der Waals surface area contributed by atoms with Gasteiger partial charge in [-0.25, -0.2) is 4.98 Å². The number of aromatic amines is 1. The largest absolute Gasteiger partial charge is 0.389 e. The van der Waals surface area contributed by atoms with E-state index in [1.807, 2.05) is 6.07 Å². The van der Waals surface area contributed by atoms with Crippen LogP contribution < -0.4 is 5.32 Å². The summed E-state index contributed by atoms with van der Waals surface area (Å²) >= 11 is 0. The monoisotopic (exact) mass is 329 g/mol. The first-order valence-electron chi connectivity index (χ1n) is 7.75. The maximum Gasteiger partial charge on any atom is 0.252 e. The van der Waals surface area contributed by atoms with Gasteiger partial charge in [0.25, 0.3) is 5.91 Å². The van der Waals surface area contributed by atoms with Crippen molar-refractivity contribution in [2.75, 3.05) is 13.1 Å². The van der Waals surface area contributed by atoms with Crippen LogP contribution in [0.5, 0.6) is 0 Å². The molecule has 0 spiro atoms. The molecule has 2 aromatic rings. The highest BCUT2D eigenvalue weighted by molar-refractivity contribution is 6.00. The number of nitrogens with one attached hydrogen (secondary N) is 2. The van der Waals surface area contributed by atoms with Gasteiger partial charge in [-0.2, -0.15) is 5.10 Å². The molecule has 3 rings (SSSR count). The molecule has 1 fully saturated rings. The molecule has 0 bridgehead atoms. The quantitative estimate of drug-likeness (QED) is 0.744. The number of amides is 2. The summed E-state index contributed by atoms with van der Waals surface area (Å²) in [5, 5.41) is 19.6. The Morgan fingerprint density at radius 2 is 2.17 bits per heavy atom. The van der Waals surface area contributed by atoms with Gasteiger partial charge >= 0.3 is 0 Å². The predicted molar refractivity (Wildman–Crippen MR) is 86.0 cm³/mol. The molecule has 1 aromatic carbocycles. The van der Waals surface area contributed by atoms with Crippen LogP contribution in [0.4, 0.5) is 0 Å². The molecule has 1 aromatic heterocycles. The Hall–Kier alpha value is -2.74. The van der Waals surface area contributed by atoms with Gasteiger partial charge in [-0.05, 0) is 12.5 Å². The second kappa shape index (κ2) is 6.79. The summed E-state index contributed by atoms with van der Waals surface area (Å²) in [7, 11) is 0. The number of nitrogens with zero attached hydrogens (tertiary/aromatic N) is 3. The Morgan fingerprint density at radius 1 is 1.38 bits per heavy atom. The van der Waals surface area contributed by atoms with Crippen LogP contribution in [0.1, 0.15) is 23.7 Å². The Labute approximate surface area is 138 Å². The number of rotatable bonds is 3. The van der Waals surface area contributed by atoms with Crippen molar-refractivity contribution < 1.29 is 14.7 Å². The van der Waals surface area contributed by atoms with Gasteiger partial charge in [0.1, 0.15) is 6.33 Å². The molecule has 126 valence electrons. The summed E-state index contributed by atoms with van der Waals surface area (Å²) in [5.41, 5.74) is 1.10. The van der Waals surface area contributed by atoms with Gasteiger partial charge in [-0.3, -0.25) is 14.7 Å². The molecule has 0 saturated carbocycles. The number of carbonyl (C=O) groups is 2. The molecule has 1 aliphatic rings. The van der Waals surface area contributed by atoms with Crippen molar-refractivity contribution in [3.05, 3.63) is 36.2 Å². The second-order valence-corrected chi connectivity index (χ2v) is 5.78. The van der Waals surface area contributed by atoms with Crippen molar-refractivity contribution in [1.82, 2.24) is 25.4 Å². The first-order valence-corrected chi connectivity index (χ1v) is 7.75. The minimum Gasteiger partial charge on any atom is -0.389 e. The summed E-state index contributed by atoms with van der Waals surface area (Å²) in [6.45, 7) is 2.21. The molecule has 0 unspecified atom stereocenters. The SMILES string of the molecule is CC(=O)N1CC[C@@H](NC(=O)c2ccccc2-c2ncn[nH]2)[C@H](O)C1. The first-order chi connectivity index (χ1) is 11.6. The Balaban J connectivity index is 1.74. The molecule has 2 heterocycles. The molecular weight excluding hydrogens is 310 g/mol. The van der Waals surface area contributed by atoms with Crippen LogP contribution in [0.15, 0.2) is 30.6 Å². The summed E-state index contributed by atoms with van der Waals surface area (Å²) < 4.78 is 0. The molecule has 24 heavy (non-hydrogen) atoms. The highest BCUT2D eigenvalue weighted by atomic mass is 16.3. The smallest absolute Gasteiger partial charge is 0.252 e. The third kappa shape index (κ3) is 3.28. The number of carbonyl (C=O) groups excluding carboxylic acids is 2. The van der Waals surface area contributed by atoms with Crippen LogP contribution in [0.2, 0.25) is 0 Å². The van der Waals surface area contributed by atoms with Crippen molar-refractivity contribution in [1.29, 1.82) is 0 Å². The number of piperidine rings is 1. The fourth-order valence-electron chi connectivity index (χ4n) is 2.85. The molecule has 2 atom stereocenters. The van der Waals surface area contributed by atoms with Crippen molar-refractivity contribution in [3.63, 3.8) is 0 Å². The maximum absolute atomic E-state index is 12.6. The highest BCUT2D eigenvalue weighted by Crippen LogP contribution is 2.20. The number of hydrogen-bond donors (Lipinski definition) is 3. The number of benzene rings is 1. The third-order valence-electron chi connectivity index (χ3n) is 4.19. The lowest BCUT2D eigenvalue weighted by Crippen LogP contribution is -2.55. The minimum absolute atomic E-state index is 0.0745. The van der Waals surface area contributed by atoms with E-state index in [9.17, 15) is 14.7 Å². The second-order valence-electron chi connectivity index (χ2n) is 5.78. The van der Waals surface area contributed by atoms with Gasteiger partial charge < -0.3 is 15.3 Å². The van der Waals surface area contributed by atoms with Crippen molar-refractivity contribution in [3.8, 4) is 11.4 Å². The van der Waals surface area contributed by atoms with E-state index in [4.69, 9.17) is 0 Å². The molecule has 8 nitrogen and oxygen atoms in total. The standard InChI is InChI=1S/C16H19N5O3/c1-10(22)21-7-6-13(14(23)8-21)19-16(24)12-5-3-2-4-11(12)15-17-9-18-20-15/h2-5,9,13-14,23H,6-8H2,1H3,(H,19,24)(H,17,18,20)/t13-,14-/m1/s1. The highest BCUT2D eigenvalue weighted by Gasteiger charge is 2.30. The first kappa shape index (κ1) is 16.1. The van der Waals surface area contributed by atoms with Crippen molar-refractivity contribution in [2.45, 2.75) is 25.5 Å². The predicted octanol–water partition coefficient (Wildman–Crippen LogP) is 0.183. The van der Waals surface area contributed by atoms with Gasteiger partial charge in [0, 0.05) is 25.6 Å². The van der Waals surface area contributed by atoms with Crippen LogP contribution in [0, 0.1) is 0 Å². The van der Waals surface area contributed by atoms with Gasteiger partial charge in [0.05, 0.1) is 17.7 Å². The third-order valence-corrected chi connectivity index (χ3v) is 4.19. The molecule has 8 heteroatoms. The molecular formula is C16H19N5O3. The van der Waals surface area contributed by atoms with Crippen LogP contribution in [0.25, 0.3) is 11.4 Å². The van der Waals surface area contributed by atoms with Gasteiger partial charge in [-0.15, -0.1) is 0 Å². The number of aliphatic hydroxyl groups excluding tert-OH is 1. The van der Waals surface area contributed by atoms with Gasteiger partial charge in [0.15, 0.2) is 5.82 Å². The summed E-state index contributed by atoms with van der Waals surface area (Å²) in [6.07, 6.45) is 1.10. The van der Waals surface area contributed by atoms with Crippen LogP contribution in [0.3, 0.4) is 0 Å². The number of aliphatic hydroxyl groups is 1. The lowest BCUT2D eigenvalue weighted by atomic mass is 10.00. The summed E-state index contributed by atoms with van der Waals surface area (Å²) in [5.74, 6) is 0.143. The molecule has 0 aliphatic carbocycles. The maximum atomic E-state index is 12.6. The summed E-state index contributed by atoms with van der Waals surface area (Å²) in [6, 6.07) is 6.67. The van der Waals surface area contributed by atoms with Gasteiger partial charge in [0.2, 0.25) is 5.91 Å². The zero-order valence-corrected chi connectivity index (χ0v) is 13.3. The minimum atomic E-state index is -0.788. The number of likely N-dealkylation sites (tertiary alicyclic amines) is 1. The van der Waals surface area contributed by atoms with Crippen LogP contribution >= 0.6 is 0 Å². The topological polar surface area (TPSA) is 111 Å². The van der Waals surface area contributed by atoms with E-state index < -0.39 is 12.1 Å². The number of aromatic nitrogens is 3. The summed E-state index contributed by atoms with van der Waals surface area (Å²) in [4.78, 5) is 29.7. The normalized spacial score (nSPS) is 20.7. The molecule has 0 radical (unpaired) electrons. The number of hydrogen-bond acceptors (Lipinski definition) is 5. The molecule has 1 saturated heterocycles. The average Bonchev–Trinajstić information content (AvgIpc) is 3.11. The Kier molecular flexibility index (Phi) is 4.57. The Morgan fingerprint density at radius 3 is 2.83 bits per heavy atom. The number of H-pyrrole nitrogens is 1. The number of β-amino-alcohol motifs (C(OH)–C–C–N with tert-alkyl or cyclic N) is 1. The molecule has 1 aliphatic heterocycles. The van der Waals surface area contributed by atoms with E-state index in [2.05, 4.69) is 20.5 Å². The van der Waals surface area contributed by atoms with E-state index in [0.29, 0.717) is 29.9 Å².